The van der Waals surface area contributed by atoms with Gasteiger partial charge < -0.3 is 39.2 Å². The minimum absolute atomic E-state index is 0.0287. The number of rotatable bonds is 18. The second-order valence-electron chi connectivity index (χ2n) is 7.10. The van der Waals surface area contributed by atoms with E-state index in [0.717, 1.165) is 30.0 Å². The van der Waals surface area contributed by atoms with E-state index in [2.05, 4.69) is 10.6 Å². The van der Waals surface area contributed by atoms with E-state index in [1.165, 1.54) is 0 Å². The summed E-state index contributed by atoms with van der Waals surface area (Å²) >= 11 is 0. The average Bonchev–Trinajstić information content (AvgIpc) is 2.77. The zero-order chi connectivity index (χ0) is 22.8. The summed E-state index contributed by atoms with van der Waals surface area (Å²) in [4.78, 5) is 44.3. The van der Waals surface area contributed by atoms with Gasteiger partial charge in [-0.25, -0.2) is 4.79 Å². The van der Waals surface area contributed by atoms with Crippen LogP contribution in [0.3, 0.4) is 0 Å². The maximum Gasteiger partial charge on any atom is 0.315 e. The number of hydrogen-bond acceptors (Lipinski definition) is 7. The highest BCUT2D eigenvalue weighted by molar-refractivity contribution is 5.74. The molecule has 0 aliphatic carbocycles. The second kappa shape index (κ2) is 16.1. The van der Waals surface area contributed by atoms with Crippen molar-refractivity contribution in [2.24, 2.45) is 0 Å². The molecule has 0 aliphatic heterocycles. The predicted molar refractivity (Wildman–Crippen MR) is 114 cm³/mol. The predicted octanol–water partition coefficient (Wildman–Crippen LogP) is 1.35. The number of carbonyl (C=O) groups is 4. The lowest BCUT2D eigenvalue weighted by molar-refractivity contribution is -0.109. The maximum atomic E-state index is 12.6. The second-order valence-corrected chi connectivity index (χ2v) is 7.10. The maximum absolute atomic E-state index is 12.6. The Morgan fingerprint density at radius 2 is 1.29 bits per heavy atom. The van der Waals surface area contributed by atoms with Gasteiger partial charge in [-0.3, -0.25) is 0 Å². The van der Waals surface area contributed by atoms with Gasteiger partial charge in [0.1, 0.15) is 24.4 Å². The van der Waals surface area contributed by atoms with E-state index in [1.54, 1.807) is 0 Å². The lowest BCUT2D eigenvalue weighted by atomic mass is 10.0. The first kappa shape index (κ1) is 26.4. The molecule has 1 aromatic rings. The fraction of sp³-hybridized carbons (Fsp3) is 0.545. The Balaban J connectivity index is 2.79. The van der Waals surface area contributed by atoms with Crippen LogP contribution in [0, 0.1) is 6.92 Å². The van der Waals surface area contributed by atoms with Gasteiger partial charge in [-0.05, 0) is 12.5 Å². The molecule has 9 nitrogen and oxygen atoms in total. The molecule has 0 radical (unpaired) electrons. The SMILES string of the molecule is Cc1ccc(CNC(=O)NC(COCCC=O)(COCCC=O)COCCC=O)cc1. The Hall–Kier alpha value is -2.62. The molecule has 172 valence electrons. The third kappa shape index (κ3) is 12.0. The van der Waals surface area contributed by atoms with Crippen LogP contribution in [0.2, 0.25) is 0 Å². The van der Waals surface area contributed by atoms with Crippen molar-refractivity contribution in [3.63, 3.8) is 0 Å². The average molecular weight is 437 g/mol. The Morgan fingerprint density at radius 1 is 0.839 bits per heavy atom. The zero-order valence-corrected chi connectivity index (χ0v) is 18.0. The molecule has 0 heterocycles. The van der Waals surface area contributed by atoms with Gasteiger partial charge in [-0.15, -0.1) is 0 Å². The van der Waals surface area contributed by atoms with Crippen molar-refractivity contribution in [2.75, 3.05) is 39.6 Å². The first-order chi connectivity index (χ1) is 15.0. The van der Waals surface area contributed by atoms with E-state index >= 15 is 0 Å². The molecule has 0 saturated heterocycles. The number of amides is 2. The molecular formula is C22H32N2O7. The van der Waals surface area contributed by atoms with Crippen molar-refractivity contribution >= 4 is 24.9 Å². The molecule has 0 aliphatic rings. The molecule has 1 rings (SSSR count). The lowest BCUT2D eigenvalue weighted by Crippen LogP contribution is -2.60. The Kier molecular flexibility index (Phi) is 13.7. The van der Waals surface area contributed by atoms with Crippen LogP contribution in [0.25, 0.3) is 0 Å². The highest BCUT2D eigenvalue weighted by Crippen LogP contribution is 2.10. The van der Waals surface area contributed by atoms with Gasteiger partial charge in [-0.1, -0.05) is 29.8 Å². The van der Waals surface area contributed by atoms with E-state index in [1.807, 2.05) is 31.2 Å². The highest BCUT2D eigenvalue weighted by Gasteiger charge is 2.33. The van der Waals surface area contributed by atoms with Crippen LogP contribution in [0.15, 0.2) is 24.3 Å². The van der Waals surface area contributed by atoms with Crippen LogP contribution in [0.4, 0.5) is 4.79 Å². The number of nitrogens with one attached hydrogen (secondary N) is 2. The molecule has 0 fully saturated rings. The molecule has 9 heteroatoms. The summed E-state index contributed by atoms with van der Waals surface area (Å²) in [6.07, 6.45) is 2.87. The minimum atomic E-state index is -1.06. The van der Waals surface area contributed by atoms with Gasteiger partial charge in [-0.2, -0.15) is 0 Å². The van der Waals surface area contributed by atoms with Crippen molar-refractivity contribution in [2.45, 2.75) is 38.3 Å². The first-order valence-electron chi connectivity index (χ1n) is 10.2. The Morgan fingerprint density at radius 3 is 1.71 bits per heavy atom. The van der Waals surface area contributed by atoms with Crippen molar-refractivity contribution in [1.29, 1.82) is 0 Å². The number of ether oxygens (including phenoxy) is 3. The molecule has 31 heavy (non-hydrogen) atoms. The van der Waals surface area contributed by atoms with Crippen molar-refractivity contribution in [3.05, 3.63) is 35.4 Å². The molecular weight excluding hydrogens is 404 g/mol. The molecule has 2 amide bonds. The van der Waals surface area contributed by atoms with Gasteiger partial charge in [0.05, 0.1) is 39.6 Å². The van der Waals surface area contributed by atoms with Crippen molar-refractivity contribution < 1.29 is 33.4 Å². The van der Waals surface area contributed by atoms with Gasteiger partial charge in [0, 0.05) is 25.8 Å². The molecule has 0 bridgehead atoms. The fourth-order valence-electron chi connectivity index (χ4n) is 2.60. The highest BCUT2D eigenvalue weighted by atomic mass is 16.5. The van der Waals surface area contributed by atoms with Crippen LogP contribution in [-0.2, 0) is 35.1 Å². The molecule has 0 spiro atoms. The van der Waals surface area contributed by atoms with Gasteiger partial charge in [0.25, 0.3) is 0 Å². The summed E-state index contributed by atoms with van der Waals surface area (Å²) in [5.41, 5.74) is 1.00. The van der Waals surface area contributed by atoms with Crippen LogP contribution >= 0.6 is 0 Å². The number of aldehydes is 3. The van der Waals surface area contributed by atoms with Crippen molar-refractivity contribution in [1.82, 2.24) is 10.6 Å². The lowest BCUT2D eigenvalue weighted by Gasteiger charge is -2.34. The molecule has 0 aromatic heterocycles. The summed E-state index contributed by atoms with van der Waals surface area (Å²) < 4.78 is 16.7. The topological polar surface area (TPSA) is 120 Å². The number of aryl methyl sites for hydroxylation is 1. The summed E-state index contributed by atoms with van der Waals surface area (Å²) in [5, 5.41) is 5.65. The molecule has 0 saturated carbocycles. The number of urea groups is 1. The van der Waals surface area contributed by atoms with Crippen LogP contribution < -0.4 is 10.6 Å². The molecule has 0 unspecified atom stereocenters. The van der Waals surface area contributed by atoms with E-state index in [-0.39, 0.29) is 58.9 Å². The normalized spacial score (nSPS) is 11.0. The van der Waals surface area contributed by atoms with Crippen LogP contribution in [0.1, 0.15) is 30.4 Å². The van der Waals surface area contributed by atoms with Gasteiger partial charge in [0.15, 0.2) is 0 Å². The Labute approximate surface area is 182 Å². The summed E-state index contributed by atoms with van der Waals surface area (Å²) in [6, 6.07) is 7.33. The minimum Gasteiger partial charge on any atom is -0.378 e. The summed E-state index contributed by atoms with van der Waals surface area (Å²) in [7, 11) is 0. The van der Waals surface area contributed by atoms with E-state index < -0.39 is 11.6 Å². The summed E-state index contributed by atoms with van der Waals surface area (Å²) in [6.45, 7) is 2.94. The standard InChI is InChI=1S/C22H32N2O7/c1-19-5-7-20(8-6-19)15-23-21(28)24-22(16-29-12-2-9-25,17-30-13-3-10-26)18-31-14-4-11-27/h5-11H,2-4,12-18H2,1H3,(H2,23,24,28). The smallest absolute Gasteiger partial charge is 0.315 e. The van der Waals surface area contributed by atoms with E-state index in [0.29, 0.717) is 6.54 Å². The zero-order valence-electron chi connectivity index (χ0n) is 18.0. The van der Waals surface area contributed by atoms with Gasteiger partial charge >= 0.3 is 6.03 Å². The molecule has 1 aromatic carbocycles. The first-order valence-corrected chi connectivity index (χ1v) is 10.2. The van der Waals surface area contributed by atoms with Gasteiger partial charge in [0.2, 0.25) is 0 Å². The van der Waals surface area contributed by atoms with Crippen molar-refractivity contribution in [3.8, 4) is 0 Å². The summed E-state index contributed by atoms with van der Waals surface area (Å²) in [5.74, 6) is 0. The van der Waals surface area contributed by atoms with Crippen LogP contribution in [-0.4, -0.2) is 70.1 Å². The number of benzene rings is 1. The van der Waals surface area contributed by atoms with E-state index in [4.69, 9.17) is 14.2 Å². The quantitative estimate of drug-likeness (QED) is 0.263. The monoisotopic (exact) mass is 436 g/mol. The third-order valence-electron chi connectivity index (χ3n) is 4.23. The fourth-order valence-corrected chi connectivity index (χ4v) is 2.60. The number of carbonyl (C=O) groups excluding carboxylic acids is 4. The largest absolute Gasteiger partial charge is 0.378 e. The van der Waals surface area contributed by atoms with E-state index in [9.17, 15) is 19.2 Å². The number of hydrogen-bond donors (Lipinski definition) is 2. The molecule has 2 N–H and O–H groups in total. The third-order valence-corrected chi connectivity index (χ3v) is 4.23. The molecule has 0 atom stereocenters. The Bertz CT molecular complexity index is 624. The van der Waals surface area contributed by atoms with Crippen LogP contribution in [0.5, 0.6) is 0 Å².